The summed E-state index contributed by atoms with van der Waals surface area (Å²) in [6, 6.07) is 13.3. The van der Waals surface area contributed by atoms with Crippen molar-refractivity contribution < 1.29 is 22.7 Å². The number of rotatable bonds is 11. The second-order valence-corrected chi connectivity index (χ2v) is 9.14. The average Bonchev–Trinajstić information content (AvgIpc) is 2.71. The zero-order valence-corrected chi connectivity index (χ0v) is 18.8. The van der Waals surface area contributed by atoms with Crippen LogP contribution in [0.1, 0.15) is 23.1 Å². The van der Waals surface area contributed by atoms with Gasteiger partial charge in [-0.2, -0.15) is 4.31 Å². The van der Waals surface area contributed by atoms with Crippen molar-refractivity contribution >= 4 is 15.9 Å². The minimum Gasteiger partial charge on any atom is -0.493 e. The molecule has 0 saturated carbocycles. The minimum absolute atomic E-state index is 0.165. The van der Waals surface area contributed by atoms with Gasteiger partial charge in [0.2, 0.25) is 15.9 Å². The van der Waals surface area contributed by atoms with Crippen LogP contribution in [0.5, 0.6) is 11.5 Å². The SMILES string of the molecule is COc1ccc(CCCNC(=O)CN(Cc2ccc(C)cc2)S(C)(=O)=O)cc1OC. The number of amides is 1. The van der Waals surface area contributed by atoms with Gasteiger partial charge in [0.25, 0.3) is 0 Å². The molecule has 1 N–H and O–H groups in total. The first-order chi connectivity index (χ1) is 14.2. The van der Waals surface area contributed by atoms with E-state index in [9.17, 15) is 13.2 Å². The number of hydrogen-bond donors (Lipinski definition) is 1. The molecule has 30 heavy (non-hydrogen) atoms. The van der Waals surface area contributed by atoms with E-state index in [4.69, 9.17) is 9.47 Å². The lowest BCUT2D eigenvalue weighted by molar-refractivity contribution is -0.121. The largest absolute Gasteiger partial charge is 0.493 e. The van der Waals surface area contributed by atoms with E-state index in [0.29, 0.717) is 18.0 Å². The van der Waals surface area contributed by atoms with Crippen molar-refractivity contribution in [2.75, 3.05) is 33.6 Å². The molecule has 0 unspecified atom stereocenters. The predicted molar refractivity (Wildman–Crippen MR) is 117 cm³/mol. The number of carbonyl (C=O) groups excluding carboxylic acids is 1. The van der Waals surface area contributed by atoms with Crippen LogP contribution in [0.4, 0.5) is 0 Å². The fraction of sp³-hybridized carbons (Fsp3) is 0.409. The number of aryl methyl sites for hydroxylation is 2. The zero-order chi connectivity index (χ0) is 22.1. The monoisotopic (exact) mass is 434 g/mol. The highest BCUT2D eigenvalue weighted by molar-refractivity contribution is 7.88. The molecule has 164 valence electrons. The van der Waals surface area contributed by atoms with Crippen molar-refractivity contribution in [2.24, 2.45) is 0 Å². The van der Waals surface area contributed by atoms with Crippen molar-refractivity contribution in [3.8, 4) is 11.5 Å². The van der Waals surface area contributed by atoms with E-state index in [1.165, 1.54) is 4.31 Å². The van der Waals surface area contributed by atoms with Gasteiger partial charge >= 0.3 is 0 Å². The molecular formula is C22H30N2O5S. The van der Waals surface area contributed by atoms with Crippen LogP contribution >= 0.6 is 0 Å². The molecule has 0 saturated heterocycles. The van der Waals surface area contributed by atoms with Crippen LogP contribution in [0, 0.1) is 6.92 Å². The van der Waals surface area contributed by atoms with Crippen LogP contribution in [0.15, 0.2) is 42.5 Å². The Morgan fingerprint density at radius 3 is 2.23 bits per heavy atom. The number of hydrogen-bond acceptors (Lipinski definition) is 5. The number of carbonyl (C=O) groups is 1. The van der Waals surface area contributed by atoms with Crippen molar-refractivity contribution in [3.63, 3.8) is 0 Å². The molecule has 2 rings (SSSR count). The fourth-order valence-electron chi connectivity index (χ4n) is 2.96. The van der Waals surface area contributed by atoms with Crippen LogP contribution in [0.3, 0.4) is 0 Å². The second-order valence-electron chi connectivity index (χ2n) is 7.16. The van der Waals surface area contributed by atoms with Gasteiger partial charge in [-0.05, 0) is 43.0 Å². The van der Waals surface area contributed by atoms with Gasteiger partial charge in [-0.1, -0.05) is 35.9 Å². The smallest absolute Gasteiger partial charge is 0.235 e. The highest BCUT2D eigenvalue weighted by Gasteiger charge is 2.20. The first-order valence-corrected chi connectivity index (χ1v) is 11.6. The number of nitrogens with one attached hydrogen (secondary N) is 1. The standard InChI is InChI=1S/C22H30N2O5S/c1-17-7-9-19(10-8-17)15-24(30(4,26)27)16-22(25)23-13-5-6-18-11-12-20(28-2)21(14-18)29-3/h7-12,14H,5-6,13,15-16H2,1-4H3,(H,23,25). The molecule has 0 aliphatic heterocycles. The van der Waals surface area contributed by atoms with Gasteiger partial charge in [-0.25, -0.2) is 8.42 Å². The van der Waals surface area contributed by atoms with Gasteiger partial charge in [-0.15, -0.1) is 0 Å². The maximum absolute atomic E-state index is 12.3. The molecule has 0 aliphatic rings. The number of methoxy groups -OCH3 is 2. The number of ether oxygens (including phenoxy) is 2. The van der Waals surface area contributed by atoms with Crippen molar-refractivity contribution in [1.82, 2.24) is 9.62 Å². The molecule has 2 aromatic carbocycles. The number of benzene rings is 2. The molecule has 0 aromatic heterocycles. The van der Waals surface area contributed by atoms with Gasteiger partial charge in [0.1, 0.15) is 0 Å². The Labute approximate surface area is 179 Å². The Hall–Kier alpha value is -2.58. The van der Waals surface area contributed by atoms with Crippen molar-refractivity contribution in [2.45, 2.75) is 26.3 Å². The third kappa shape index (κ3) is 7.35. The third-order valence-corrected chi connectivity index (χ3v) is 5.88. The molecule has 8 heteroatoms. The summed E-state index contributed by atoms with van der Waals surface area (Å²) in [5.41, 5.74) is 3.00. The van der Waals surface area contributed by atoms with Crippen molar-refractivity contribution in [1.29, 1.82) is 0 Å². The summed E-state index contributed by atoms with van der Waals surface area (Å²) < 4.78 is 35.9. The van der Waals surface area contributed by atoms with E-state index in [0.717, 1.165) is 35.8 Å². The quantitative estimate of drug-likeness (QED) is 0.550. The molecule has 0 aliphatic carbocycles. The van der Waals surface area contributed by atoms with Gasteiger partial charge < -0.3 is 14.8 Å². The van der Waals surface area contributed by atoms with Crippen LogP contribution in [0.25, 0.3) is 0 Å². The van der Waals surface area contributed by atoms with E-state index in [1.54, 1.807) is 14.2 Å². The molecular weight excluding hydrogens is 404 g/mol. The average molecular weight is 435 g/mol. The highest BCUT2D eigenvalue weighted by Crippen LogP contribution is 2.27. The lowest BCUT2D eigenvalue weighted by Crippen LogP contribution is -2.40. The lowest BCUT2D eigenvalue weighted by atomic mass is 10.1. The zero-order valence-electron chi connectivity index (χ0n) is 18.0. The summed E-state index contributed by atoms with van der Waals surface area (Å²) in [5.74, 6) is 1.02. The molecule has 0 bridgehead atoms. The van der Waals surface area contributed by atoms with Crippen LogP contribution < -0.4 is 14.8 Å². The molecule has 2 aromatic rings. The normalized spacial score (nSPS) is 11.4. The molecule has 0 fully saturated rings. The molecule has 0 spiro atoms. The predicted octanol–water partition coefficient (Wildman–Crippen LogP) is 2.52. The summed E-state index contributed by atoms with van der Waals surface area (Å²) >= 11 is 0. The molecule has 7 nitrogen and oxygen atoms in total. The van der Waals surface area contributed by atoms with Crippen LogP contribution in [0.2, 0.25) is 0 Å². The van der Waals surface area contributed by atoms with E-state index >= 15 is 0 Å². The van der Waals surface area contributed by atoms with Crippen LogP contribution in [-0.2, 0) is 27.8 Å². The Morgan fingerprint density at radius 2 is 1.63 bits per heavy atom. The number of sulfonamides is 1. The Kier molecular flexibility index (Phi) is 8.68. The molecule has 0 heterocycles. The highest BCUT2D eigenvalue weighted by atomic mass is 32.2. The first kappa shape index (κ1) is 23.7. The second kappa shape index (κ2) is 11.0. The Balaban J connectivity index is 1.85. The fourth-order valence-corrected chi connectivity index (χ4v) is 3.70. The van der Waals surface area contributed by atoms with Crippen LogP contribution in [-0.4, -0.2) is 52.2 Å². The maximum Gasteiger partial charge on any atom is 0.235 e. The van der Waals surface area contributed by atoms with Gasteiger partial charge in [0.15, 0.2) is 11.5 Å². The van der Waals surface area contributed by atoms with E-state index in [2.05, 4.69) is 5.32 Å². The molecule has 1 amide bonds. The summed E-state index contributed by atoms with van der Waals surface area (Å²) in [5, 5.41) is 2.80. The van der Waals surface area contributed by atoms with Gasteiger partial charge in [0, 0.05) is 13.1 Å². The summed E-state index contributed by atoms with van der Waals surface area (Å²) in [6.45, 7) is 2.38. The summed E-state index contributed by atoms with van der Waals surface area (Å²) in [7, 11) is -0.331. The number of nitrogens with zero attached hydrogens (tertiary/aromatic N) is 1. The van der Waals surface area contributed by atoms with Crippen molar-refractivity contribution in [3.05, 3.63) is 59.2 Å². The van der Waals surface area contributed by atoms with E-state index in [-0.39, 0.29) is 19.0 Å². The topological polar surface area (TPSA) is 84.9 Å². The maximum atomic E-state index is 12.3. The summed E-state index contributed by atoms with van der Waals surface area (Å²) in [4.78, 5) is 12.3. The lowest BCUT2D eigenvalue weighted by Gasteiger charge is -2.19. The minimum atomic E-state index is -3.51. The van der Waals surface area contributed by atoms with E-state index < -0.39 is 10.0 Å². The Morgan fingerprint density at radius 1 is 1.00 bits per heavy atom. The van der Waals surface area contributed by atoms with E-state index in [1.807, 2.05) is 49.4 Å². The first-order valence-electron chi connectivity index (χ1n) is 9.71. The van der Waals surface area contributed by atoms with Gasteiger partial charge in [-0.3, -0.25) is 4.79 Å². The molecule has 0 atom stereocenters. The molecule has 0 radical (unpaired) electrons. The Bertz CT molecular complexity index is 943. The third-order valence-electron chi connectivity index (χ3n) is 4.68. The van der Waals surface area contributed by atoms with Gasteiger partial charge in [0.05, 0.1) is 27.0 Å². The summed E-state index contributed by atoms with van der Waals surface area (Å²) in [6.07, 6.45) is 2.59.